The third kappa shape index (κ3) is 4.80. The molecule has 0 bridgehead atoms. The predicted octanol–water partition coefficient (Wildman–Crippen LogP) is 1.56. The van der Waals surface area contributed by atoms with Gasteiger partial charge in [-0.15, -0.1) is 0 Å². The zero-order valence-electron chi connectivity index (χ0n) is 14.2. The Morgan fingerprint density at radius 3 is 2.27 bits per heavy atom. The molecule has 0 aromatic heterocycles. The number of nitrogens with one attached hydrogen (secondary N) is 2. The van der Waals surface area contributed by atoms with Crippen LogP contribution in [0.5, 0.6) is 0 Å². The number of benzene rings is 2. The fourth-order valence-electron chi connectivity index (χ4n) is 2.13. The van der Waals surface area contributed by atoms with Crippen molar-refractivity contribution in [2.75, 3.05) is 17.7 Å². The average Bonchev–Trinajstić information content (AvgIpc) is 2.61. The maximum absolute atomic E-state index is 12.2. The number of para-hydroxylation sites is 1. The van der Waals surface area contributed by atoms with E-state index < -0.39 is 28.0 Å². The Hall–Kier alpha value is -2.91. The molecule has 0 aliphatic heterocycles. The standard InChI is InChI=1S/C17H19N3O5S/c1-11(25-17(22)14-5-3-4-6-15(14)19-2)16(21)20-12-7-9-13(10-8-12)26(18,23)24/h3-11,19H,1-2H3,(H,20,21)(H2,18,23,24)/t11-/m1/s1. The Labute approximate surface area is 151 Å². The van der Waals surface area contributed by atoms with Crippen LogP contribution in [-0.2, 0) is 19.6 Å². The molecule has 26 heavy (non-hydrogen) atoms. The molecule has 0 unspecified atom stereocenters. The molecule has 0 saturated heterocycles. The van der Waals surface area contributed by atoms with E-state index in [1.54, 1.807) is 31.3 Å². The van der Waals surface area contributed by atoms with Crippen molar-refractivity contribution in [1.82, 2.24) is 0 Å². The molecule has 2 rings (SSSR count). The molecule has 0 aliphatic carbocycles. The van der Waals surface area contributed by atoms with Crippen LogP contribution in [0.15, 0.2) is 53.4 Å². The summed E-state index contributed by atoms with van der Waals surface area (Å²) in [5.74, 6) is -1.19. The number of carbonyl (C=O) groups is 2. The number of rotatable bonds is 6. The molecule has 2 aromatic rings. The van der Waals surface area contributed by atoms with Gasteiger partial charge in [0.05, 0.1) is 10.5 Å². The van der Waals surface area contributed by atoms with Crippen molar-refractivity contribution in [2.24, 2.45) is 5.14 Å². The van der Waals surface area contributed by atoms with Crippen LogP contribution in [0.4, 0.5) is 11.4 Å². The SMILES string of the molecule is CNc1ccccc1C(=O)O[C@H](C)C(=O)Nc1ccc(S(N)(=O)=O)cc1. The maximum Gasteiger partial charge on any atom is 0.341 e. The van der Waals surface area contributed by atoms with Crippen molar-refractivity contribution < 1.29 is 22.7 Å². The van der Waals surface area contributed by atoms with Gasteiger partial charge < -0.3 is 15.4 Å². The summed E-state index contributed by atoms with van der Waals surface area (Å²) in [5, 5.41) is 10.4. The zero-order valence-corrected chi connectivity index (χ0v) is 15.0. The van der Waals surface area contributed by atoms with E-state index in [-0.39, 0.29) is 4.90 Å². The van der Waals surface area contributed by atoms with E-state index in [4.69, 9.17) is 9.88 Å². The van der Waals surface area contributed by atoms with Crippen molar-refractivity contribution in [3.8, 4) is 0 Å². The van der Waals surface area contributed by atoms with Crippen molar-refractivity contribution in [3.05, 3.63) is 54.1 Å². The Kier molecular flexibility index (Phi) is 5.96. The van der Waals surface area contributed by atoms with Gasteiger partial charge in [0.15, 0.2) is 6.10 Å². The minimum Gasteiger partial charge on any atom is -0.449 e. The first-order valence-corrected chi connectivity index (χ1v) is 9.18. The smallest absolute Gasteiger partial charge is 0.341 e. The summed E-state index contributed by atoms with van der Waals surface area (Å²) in [6.45, 7) is 1.44. The summed E-state index contributed by atoms with van der Waals surface area (Å²) in [7, 11) is -2.13. The number of ether oxygens (including phenoxy) is 1. The summed E-state index contributed by atoms with van der Waals surface area (Å²) in [4.78, 5) is 24.3. The summed E-state index contributed by atoms with van der Waals surface area (Å²) < 4.78 is 27.6. The first-order valence-electron chi connectivity index (χ1n) is 7.64. The lowest BCUT2D eigenvalue weighted by atomic mass is 10.2. The van der Waals surface area contributed by atoms with Crippen molar-refractivity contribution in [2.45, 2.75) is 17.9 Å². The molecule has 1 atom stereocenters. The Balaban J connectivity index is 2.02. The van der Waals surface area contributed by atoms with Gasteiger partial charge in [0.1, 0.15) is 0 Å². The average molecular weight is 377 g/mol. The number of amides is 1. The number of primary sulfonamides is 1. The Morgan fingerprint density at radius 2 is 1.69 bits per heavy atom. The van der Waals surface area contributed by atoms with E-state index >= 15 is 0 Å². The van der Waals surface area contributed by atoms with Crippen molar-refractivity contribution >= 4 is 33.3 Å². The van der Waals surface area contributed by atoms with Gasteiger partial charge in [0, 0.05) is 18.4 Å². The van der Waals surface area contributed by atoms with Gasteiger partial charge in [-0.1, -0.05) is 12.1 Å². The Bertz CT molecular complexity index is 910. The quantitative estimate of drug-likeness (QED) is 0.656. The minimum absolute atomic E-state index is 0.0707. The first kappa shape index (κ1) is 19.4. The molecule has 0 saturated carbocycles. The van der Waals surface area contributed by atoms with Crippen LogP contribution in [0, 0.1) is 0 Å². The fraction of sp³-hybridized carbons (Fsp3) is 0.176. The molecule has 0 fully saturated rings. The van der Waals surface area contributed by atoms with Crippen LogP contribution < -0.4 is 15.8 Å². The van der Waals surface area contributed by atoms with Crippen molar-refractivity contribution in [1.29, 1.82) is 0 Å². The number of nitrogens with two attached hydrogens (primary N) is 1. The zero-order chi connectivity index (χ0) is 19.3. The van der Waals surface area contributed by atoms with Crippen LogP contribution in [0.3, 0.4) is 0 Å². The van der Waals surface area contributed by atoms with E-state index in [1.807, 2.05) is 0 Å². The largest absolute Gasteiger partial charge is 0.449 e. The molecule has 1 amide bonds. The van der Waals surface area contributed by atoms with Crippen LogP contribution in [0.1, 0.15) is 17.3 Å². The summed E-state index contributed by atoms with van der Waals surface area (Å²) in [6, 6.07) is 12.1. The number of hydrogen-bond acceptors (Lipinski definition) is 6. The fourth-order valence-corrected chi connectivity index (χ4v) is 2.64. The maximum atomic E-state index is 12.2. The Morgan fingerprint density at radius 1 is 1.08 bits per heavy atom. The van der Waals surface area contributed by atoms with Crippen LogP contribution in [0.2, 0.25) is 0 Å². The lowest BCUT2D eigenvalue weighted by Gasteiger charge is -2.15. The third-order valence-electron chi connectivity index (χ3n) is 3.52. The molecular weight excluding hydrogens is 358 g/mol. The van der Waals surface area contributed by atoms with Gasteiger partial charge in [-0.3, -0.25) is 4.79 Å². The van der Waals surface area contributed by atoms with Gasteiger partial charge in [-0.2, -0.15) is 0 Å². The molecule has 2 aromatic carbocycles. The molecule has 9 heteroatoms. The highest BCUT2D eigenvalue weighted by atomic mass is 32.2. The number of hydrogen-bond donors (Lipinski definition) is 3. The number of anilines is 2. The van der Waals surface area contributed by atoms with E-state index in [0.717, 1.165) is 0 Å². The number of sulfonamides is 1. The van der Waals surface area contributed by atoms with E-state index in [1.165, 1.54) is 31.2 Å². The number of carbonyl (C=O) groups excluding carboxylic acids is 2. The summed E-state index contributed by atoms with van der Waals surface area (Å²) in [6.07, 6.45) is -1.05. The molecular formula is C17H19N3O5S. The van der Waals surface area contributed by atoms with E-state index in [9.17, 15) is 18.0 Å². The van der Waals surface area contributed by atoms with Gasteiger partial charge in [-0.05, 0) is 43.3 Å². The van der Waals surface area contributed by atoms with Gasteiger partial charge >= 0.3 is 5.97 Å². The normalized spacial score (nSPS) is 12.1. The van der Waals surface area contributed by atoms with Crippen molar-refractivity contribution in [3.63, 3.8) is 0 Å². The molecule has 138 valence electrons. The van der Waals surface area contributed by atoms with Crippen LogP contribution in [-0.4, -0.2) is 33.4 Å². The van der Waals surface area contributed by atoms with Gasteiger partial charge in [0.2, 0.25) is 10.0 Å². The first-order chi connectivity index (χ1) is 12.2. The second kappa shape index (κ2) is 7.98. The van der Waals surface area contributed by atoms with E-state index in [2.05, 4.69) is 10.6 Å². The molecule has 0 spiro atoms. The van der Waals surface area contributed by atoms with E-state index in [0.29, 0.717) is 16.9 Å². The molecule has 0 radical (unpaired) electrons. The lowest BCUT2D eigenvalue weighted by Crippen LogP contribution is -2.30. The molecule has 0 heterocycles. The predicted molar refractivity (Wildman–Crippen MR) is 97.3 cm³/mol. The summed E-state index contributed by atoms with van der Waals surface area (Å²) >= 11 is 0. The molecule has 4 N–H and O–H groups in total. The van der Waals surface area contributed by atoms with Gasteiger partial charge in [0.25, 0.3) is 5.91 Å². The highest BCUT2D eigenvalue weighted by Crippen LogP contribution is 2.17. The van der Waals surface area contributed by atoms with Gasteiger partial charge in [-0.25, -0.2) is 18.4 Å². The minimum atomic E-state index is -3.81. The third-order valence-corrected chi connectivity index (χ3v) is 4.45. The second-order valence-corrected chi connectivity index (χ2v) is 6.96. The van der Waals surface area contributed by atoms with Crippen LogP contribution in [0.25, 0.3) is 0 Å². The van der Waals surface area contributed by atoms with Crippen LogP contribution >= 0.6 is 0 Å². The number of esters is 1. The molecule has 8 nitrogen and oxygen atoms in total. The second-order valence-electron chi connectivity index (χ2n) is 5.40. The highest BCUT2D eigenvalue weighted by molar-refractivity contribution is 7.89. The monoisotopic (exact) mass is 377 g/mol. The summed E-state index contributed by atoms with van der Waals surface area (Å²) in [5.41, 5.74) is 1.25. The molecule has 0 aliphatic rings. The topological polar surface area (TPSA) is 128 Å². The lowest BCUT2D eigenvalue weighted by molar-refractivity contribution is -0.123. The highest BCUT2D eigenvalue weighted by Gasteiger charge is 2.20.